The van der Waals surface area contributed by atoms with Gasteiger partial charge in [-0.1, -0.05) is 12.5 Å². The molecule has 30 heavy (non-hydrogen) atoms. The van der Waals surface area contributed by atoms with E-state index in [1.807, 2.05) is 6.92 Å². The number of piperidine rings is 1. The summed E-state index contributed by atoms with van der Waals surface area (Å²) in [6.07, 6.45) is -0.0788. The summed E-state index contributed by atoms with van der Waals surface area (Å²) in [7, 11) is 2.17. The Bertz CT molecular complexity index is 653. The molecule has 4 nitrogen and oxygen atoms in total. The van der Waals surface area contributed by atoms with E-state index in [9.17, 15) is 13.2 Å². The van der Waals surface area contributed by atoms with Crippen molar-refractivity contribution in [3.05, 3.63) is 22.4 Å². The number of likely N-dealkylation sites (tertiary alicyclic amines) is 1. The van der Waals surface area contributed by atoms with Crippen LogP contribution in [-0.2, 0) is 0 Å². The molecule has 2 fully saturated rings. The second-order valence-corrected chi connectivity index (χ2v) is 9.29. The first kappa shape index (κ1) is 25.7. The molecule has 1 aliphatic carbocycles. The minimum absolute atomic E-state index is 0. The van der Waals surface area contributed by atoms with Crippen molar-refractivity contribution in [3.8, 4) is 0 Å². The normalized spacial score (nSPS) is 28.6. The maximum absolute atomic E-state index is 13.1. The highest BCUT2D eigenvalue weighted by molar-refractivity contribution is 14.0. The standard InChI is InChI=1S/C21H33F3N4S.HI/c1-3-25-20(27-17-9-4-8-16(13-17)21(22,23)24)26-14-15-7-5-11-28(2)19(15)18-10-6-12-29-18;/h6,10,12,15-17,19H,3-5,7-9,11,13-14H2,1-2H3,(H2,25,26,27);1H. The molecule has 2 aliphatic rings. The topological polar surface area (TPSA) is 39.7 Å². The molecule has 0 spiro atoms. The Morgan fingerprint density at radius 2 is 2.07 bits per heavy atom. The molecule has 1 aliphatic heterocycles. The van der Waals surface area contributed by atoms with Crippen LogP contribution in [-0.4, -0.2) is 49.8 Å². The van der Waals surface area contributed by atoms with Crippen molar-refractivity contribution in [1.82, 2.24) is 15.5 Å². The minimum atomic E-state index is -4.10. The molecule has 9 heteroatoms. The zero-order valence-electron chi connectivity index (χ0n) is 17.8. The summed E-state index contributed by atoms with van der Waals surface area (Å²) in [6, 6.07) is 4.47. The van der Waals surface area contributed by atoms with Crippen LogP contribution in [0.25, 0.3) is 0 Å². The van der Waals surface area contributed by atoms with E-state index in [2.05, 4.69) is 40.1 Å². The second kappa shape index (κ2) is 11.9. The van der Waals surface area contributed by atoms with Crippen molar-refractivity contribution in [2.45, 2.75) is 63.7 Å². The van der Waals surface area contributed by atoms with Gasteiger partial charge in [-0.15, -0.1) is 35.3 Å². The number of aliphatic imine (C=N–C) groups is 1. The second-order valence-electron chi connectivity index (χ2n) is 8.31. The molecule has 4 unspecified atom stereocenters. The number of hydrogen-bond acceptors (Lipinski definition) is 3. The molecular formula is C21H34F3IN4S. The molecule has 4 atom stereocenters. The number of hydrogen-bond donors (Lipinski definition) is 2. The first-order chi connectivity index (χ1) is 13.9. The highest BCUT2D eigenvalue weighted by Crippen LogP contribution is 2.38. The molecular weight excluding hydrogens is 524 g/mol. The largest absolute Gasteiger partial charge is 0.391 e. The van der Waals surface area contributed by atoms with Crippen LogP contribution in [0.3, 0.4) is 0 Å². The van der Waals surface area contributed by atoms with Crippen LogP contribution >= 0.6 is 35.3 Å². The van der Waals surface area contributed by atoms with Crippen molar-refractivity contribution < 1.29 is 13.2 Å². The molecule has 0 bridgehead atoms. The van der Waals surface area contributed by atoms with Gasteiger partial charge in [0.15, 0.2) is 5.96 Å². The van der Waals surface area contributed by atoms with E-state index in [0.29, 0.717) is 37.4 Å². The van der Waals surface area contributed by atoms with Crippen molar-refractivity contribution in [2.24, 2.45) is 16.8 Å². The lowest BCUT2D eigenvalue weighted by Gasteiger charge is -2.38. The number of nitrogens with zero attached hydrogens (tertiary/aromatic N) is 2. The Kier molecular flexibility index (Phi) is 10.2. The summed E-state index contributed by atoms with van der Waals surface area (Å²) >= 11 is 1.78. The fourth-order valence-corrected chi connectivity index (χ4v) is 5.68. The van der Waals surface area contributed by atoms with E-state index in [1.54, 1.807) is 11.3 Å². The van der Waals surface area contributed by atoms with Gasteiger partial charge < -0.3 is 10.6 Å². The first-order valence-corrected chi connectivity index (χ1v) is 11.6. The van der Waals surface area contributed by atoms with Crippen LogP contribution < -0.4 is 10.6 Å². The zero-order chi connectivity index (χ0) is 20.9. The molecule has 1 saturated carbocycles. The van der Waals surface area contributed by atoms with Gasteiger partial charge in [-0.2, -0.15) is 13.2 Å². The number of nitrogens with one attached hydrogen (secondary N) is 2. The summed E-state index contributed by atoms with van der Waals surface area (Å²) in [5.74, 6) is -0.137. The van der Waals surface area contributed by atoms with Crippen molar-refractivity contribution >= 4 is 41.3 Å². The summed E-state index contributed by atoms with van der Waals surface area (Å²) in [4.78, 5) is 8.58. The van der Waals surface area contributed by atoms with Crippen LogP contribution in [0.2, 0.25) is 0 Å². The van der Waals surface area contributed by atoms with Crippen molar-refractivity contribution in [3.63, 3.8) is 0 Å². The number of alkyl halides is 3. The molecule has 2 N–H and O–H groups in total. The quantitative estimate of drug-likeness (QED) is 0.288. The lowest BCUT2D eigenvalue weighted by molar-refractivity contribution is -0.183. The third kappa shape index (κ3) is 6.98. The van der Waals surface area contributed by atoms with Crippen molar-refractivity contribution in [1.29, 1.82) is 0 Å². The van der Waals surface area contributed by atoms with Gasteiger partial charge in [0.25, 0.3) is 0 Å². The zero-order valence-corrected chi connectivity index (χ0v) is 20.9. The number of guanidine groups is 1. The Morgan fingerprint density at radius 1 is 1.27 bits per heavy atom. The number of rotatable bonds is 5. The Hall–Kier alpha value is -0.550. The highest BCUT2D eigenvalue weighted by atomic mass is 127. The third-order valence-electron chi connectivity index (χ3n) is 6.15. The summed E-state index contributed by atoms with van der Waals surface area (Å²) < 4.78 is 39.4. The smallest absolute Gasteiger partial charge is 0.357 e. The van der Waals surface area contributed by atoms with Crippen LogP contribution in [0.15, 0.2) is 22.5 Å². The molecule has 1 aromatic heterocycles. The van der Waals surface area contributed by atoms with E-state index in [-0.39, 0.29) is 42.9 Å². The summed E-state index contributed by atoms with van der Waals surface area (Å²) in [6.45, 7) is 4.44. The van der Waals surface area contributed by atoms with E-state index in [4.69, 9.17) is 4.99 Å². The fraction of sp³-hybridized carbons (Fsp3) is 0.762. The van der Waals surface area contributed by atoms with E-state index >= 15 is 0 Å². The highest BCUT2D eigenvalue weighted by Gasteiger charge is 2.42. The summed E-state index contributed by atoms with van der Waals surface area (Å²) in [5, 5.41) is 8.63. The Labute approximate surface area is 199 Å². The first-order valence-electron chi connectivity index (χ1n) is 10.7. The Morgan fingerprint density at radius 3 is 2.73 bits per heavy atom. The molecule has 172 valence electrons. The molecule has 0 amide bonds. The van der Waals surface area contributed by atoms with Gasteiger partial charge in [0.1, 0.15) is 0 Å². The third-order valence-corrected chi connectivity index (χ3v) is 7.09. The van der Waals surface area contributed by atoms with Crippen molar-refractivity contribution in [2.75, 3.05) is 26.7 Å². The van der Waals surface area contributed by atoms with Gasteiger partial charge in [-0.25, -0.2) is 0 Å². The predicted octanol–water partition coefficient (Wildman–Crippen LogP) is 5.43. The maximum atomic E-state index is 13.1. The molecule has 0 aromatic carbocycles. The monoisotopic (exact) mass is 558 g/mol. The predicted molar refractivity (Wildman–Crippen MR) is 129 cm³/mol. The lowest BCUT2D eigenvalue weighted by atomic mass is 9.85. The minimum Gasteiger partial charge on any atom is -0.357 e. The van der Waals surface area contributed by atoms with Gasteiger partial charge in [0.05, 0.1) is 5.92 Å². The van der Waals surface area contributed by atoms with Crippen LogP contribution in [0.1, 0.15) is 56.4 Å². The van der Waals surface area contributed by atoms with E-state index in [1.165, 1.54) is 4.88 Å². The molecule has 3 rings (SSSR count). The molecule has 0 radical (unpaired) electrons. The van der Waals surface area contributed by atoms with Gasteiger partial charge >= 0.3 is 6.18 Å². The lowest BCUT2D eigenvalue weighted by Crippen LogP contribution is -2.47. The van der Waals surface area contributed by atoms with Gasteiger partial charge in [-0.3, -0.25) is 9.89 Å². The van der Waals surface area contributed by atoms with Gasteiger partial charge in [-0.05, 0) is 70.0 Å². The van der Waals surface area contributed by atoms with Crippen LogP contribution in [0.4, 0.5) is 13.2 Å². The maximum Gasteiger partial charge on any atom is 0.391 e. The van der Waals surface area contributed by atoms with Gasteiger partial charge in [0.2, 0.25) is 0 Å². The molecule has 1 aromatic rings. The average molecular weight is 558 g/mol. The number of halogens is 4. The van der Waals surface area contributed by atoms with E-state index in [0.717, 1.165) is 25.8 Å². The SMILES string of the molecule is CCNC(=NCC1CCCN(C)C1c1cccs1)NC1CCCC(C(F)(F)F)C1.I. The number of thiophene rings is 1. The van der Waals surface area contributed by atoms with E-state index < -0.39 is 12.1 Å². The summed E-state index contributed by atoms with van der Waals surface area (Å²) in [5.41, 5.74) is 0. The molecule has 1 saturated heterocycles. The molecule has 2 heterocycles. The fourth-order valence-electron chi connectivity index (χ4n) is 4.70. The van der Waals surface area contributed by atoms with Crippen LogP contribution in [0.5, 0.6) is 0 Å². The average Bonchev–Trinajstić information content (AvgIpc) is 3.20. The van der Waals surface area contributed by atoms with Crippen LogP contribution in [0, 0.1) is 11.8 Å². The Balaban J connectivity index is 0.00000320. The van der Waals surface area contributed by atoms with Gasteiger partial charge in [0, 0.05) is 30.1 Å².